The fraction of sp³-hybridized carbons (Fsp3) is 0.833. The molecular weight excluding hydrogens is 456 g/mol. The van der Waals surface area contributed by atoms with Gasteiger partial charge < -0.3 is 14.2 Å². The third-order valence-electron chi connectivity index (χ3n) is 6.87. The molecule has 6 heteroatoms. The van der Waals surface area contributed by atoms with Crippen LogP contribution in [0.4, 0.5) is 0 Å². The first-order valence-corrected chi connectivity index (χ1v) is 14.4. The van der Waals surface area contributed by atoms with Gasteiger partial charge in [0.2, 0.25) is 5.60 Å². The van der Waals surface area contributed by atoms with Crippen LogP contribution in [-0.4, -0.2) is 36.7 Å². The first kappa shape index (κ1) is 32.2. The lowest BCUT2D eigenvalue weighted by Gasteiger charge is -2.37. The van der Waals surface area contributed by atoms with Crippen molar-refractivity contribution < 1.29 is 28.6 Å². The summed E-state index contributed by atoms with van der Waals surface area (Å²) in [6, 6.07) is 0. The van der Waals surface area contributed by atoms with Crippen LogP contribution in [0.25, 0.3) is 0 Å². The maximum absolute atomic E-state index is 13.3. The monoisotopic (exact) mass is 508 g/mol. The zero-order valence-electron chi connectivity index (χ0n) is 23.7. The minimum atomic E-state index is -1.45. The van der Waals surface area contributed by atoms with E-state index in [-0.39, 0.29) is 19.0 Å². The van der Waals surface area contributed by atoms with Crippen LogP contribution in [0.3, 0.4) is 0 Å². The normalized spacial score (nSPS) is 19.8. The second kappa shape index (κ2) is 17.6. The molecule has 1 aliphatic carbocycles. The van der Waals surface area contributed by atoms with E-state index in [1.165, 1.54) is 6.42 Å². The van der Waals surface area contributed by atoms with Crippen LogP contribution < -0.4 is 0 Å². The van der Waals surface area contributed by atoms with Gasteiger partial charge in [-0.05, 0) is 50.4 Å². The van der Waals surface area contributed by atoms with Crippen molar-refractivity contribution in [3.63, 3.8) is 0 Å². The molecule has 0 aromatic carbocycles. The van der Waals surface area contributed by atoms with E-state index in [1.54, 1.807) is 0 Å². The van der Waals surface area contributed by atoms with E-state index < -0.39 is 23.5 Å². The molecule has 0 aromatic rings. The average molecular weight is 509 g/mol. The van der Waals surface area contributed by atoms with Gasteiger partial charge in [-0.25, -0.2) is 9.59 Å². The number of rotatable bonds is 18. The Bertz CT molecular complexity index is 683. The maximum Gasteiger partial charge on any atom is 0.350 e. The largest absolute Gasteiger partial charge is 0.465 e. The van der Waals surface area contributed by atoms with Gasteiger partial charge in [0, 0.05) is 12.0 Å². The molecule has 0 radical (unpaired) electrons. The zero-order valence-corrected chi connectivity index (χ0v) is 23.7. The minimum absolute atomic E-state index is 0.108. The van der Waals surface area contributed by atoms with Gasteiger partial charge in [-0.2, -0.15) is 0 Å². The number of carbonyl (C=O) groups is 3. The summed E-state index contributed by atoms with van der Waals surface area (Å²) in [7, 11) is 0. The first-order valence-electron chi connectivity index (χ1n) is 14.4. The minimum Gasteiger partial charge on any atom is -0.465 e. The second-order valence-electron chi connectivity index (χ2n) is 11.3. The smallest absolute Gasteiger partial charge is 0.350 e. The lowest BCUT2D eigenvalue weighted by molar-refractivity contribution is -0.189. The molecule has 6 nitrogen and oxygen atoms in total. The van der Waals surface area contributed by atoms with Crippen molar-refractivity contribution in [1.82, 2.24) is 0 Å². The number of unbranched alkanes of at least 4 members (excludes halogenated alkanes) is 4. The Kier molecular flexibility index (Phi) is 15.7. The third kappa shape index (κ3) is 12.4. The van der Waals surface area contributed by atoms with Gasteiger partial charge in [-0.1, -0.05) is 86.1 Å². The Labute approximate surface area is 219 Å². The highest BCUT2D eigenvalue weighted by Gasteiger charge is 2.50. The molecule has 0 bridgehead atoms. The predicted octanol–water partition coefficient (Wildman–Crippen LogP) is 7.33. The summed E-state index contributed by atoms with van der Waals surface area (Å²) >= 11 is 0. The summed E-state index contributed by atoms with van der Waals surface area (Å²) < 4.78 is 17.0. The highest BCUT2D eigenvalue weighted by Crippen LogP contribution is 2.38. The molecule has 1 saturated carbocycles. The van der Waals surface area contributed by atoms with Crippen LogP contribution >= 0.6 is 0 Å². The lowest BCUT2D eigenvalue weighted by Crippen LogP contribution is -2.49. The summed E-state index contributed by atoms with van der Waals surface area (Å²) in [5, 5.41) is 0. The molecule has 0 heterocycles. The molecule has 0 aliphatic heterocycles. The maximum atomic E-state index is 13.3. The Hall–Kier alpha value is -1.85. The SMILES string of the molecule is C=C(CCC)C(=O)OC1(C(=O)OCCCCCC(C)C)CCCC(C(=O)OCCCCCC(C)C)C1. The molecule has 0 aromatic heterocycles. The van der Waals surface area contributed by atoms with Crippen molar-refractivity contribution in [1.29, 1.82) is 0 Å². The third-order valence-corrected chi connectivity index (χ3v) is 6.87. The summed E-state index contributed by atoms with van der Waals surface area (Å²) in [6.07, 6.45) is 11.1. The molecule has 1 aliphatic rings. The Morgan fingerprint density at radius 2 is 1.47 bits per heavy atom. The molecule has 2 unspecified atom stereocenters. The van der Waals surface area contributed by atoms with Crippen molar-refractivity contribution in [3.8, 4) is 0 Å². The average Bonchev–Trinajstić information content (AvgIpc) is 2.83. The van der Waals surface area contributed by atoms with Gasteiger partial charge in [0.1, 0.15) is 0 Å². The van der Waals surface area contributed by atoms with Crippen LogP contribution in [0, 0.1) is 17.8 Å². The second-order valence-corrected chi connectivity index (χ2v) is 11.3. The number of esters is 3. The number of hydrogen-bond donors (Lipinski definition) is 0. The predicted molar refractivity (Wildman–Crippen MR) is 143 cm³/mol. The number of carbonyl (C=O) groups excluding carboxylic acids is 3. The van der Waals surface area contributed by atoms with Crippen LogP contribution in [0.2, 0.25) is 0 Å². The summed E-state index contributed by atoms with van der Waals surface area (Å²) in [5.41, 5.74) is -1.12. The van der Waals surface area contributed by atoms with Crippen molar-refractivity contribution in [3.05, 3.63) is 12.2 Å². The summed E-state index contributed by atoms with van der Waals surface area (Å²) in [5.74, 6) is -0.586. The zero-order chi connectivity index (χ0) is 27.0. The van der Waals surface area contributed by atoms with E-state index in [1.807, 2.05) is 6.92 Å². The molecule has 208 valence electrons. The van der Waals surface area contributed by atoms with E-state index in [4.69, 9.17) is 14.2 Å². The van der Waals surface area contributed by atoms with E-state index in [2.05, 4.69) is 34.3 Å². The summed E-state index contributed by atoms with van der Waals surface area (Å²) in [4.78, 5) is 38.8. The molecule has 36 heavy (non-hydrogen) atoms. The van der Waals surface area contributed by atoms with Crippen molar-refractivity contribution in [2.45, 2.75) is 130 Å². The van der Waals surface area contributed by atoms with Crippen molar-refractivity contribution >= 4 is 17.9 Å². The Morgan fingerprint density at radius 1 is 0.889 bits per heavy atom. The number of ether oxygens (including phenoxy) is 3. The molecule has 0 N–H and O–H groups in total. The Morgan fingerprint density at radius 3 is 2.03 bits per heavy atom. The van der Waals surface area contributed by atoms with Gasteiger partial charge in [0.25, 0.3) is 0 Å². The van der Waals surface area contributed by atoms with Crippen LogP contribution in [-0.2, 0) is 28.6 Å². The fourth-order valence-corrected chi connectivity index (χ4v) is 4.66. The van der Waals surface area contributed by atoms with Gasteiger partial charge in [-0.3, -0.25) is 4.79 Å². The molecule has 0 amide bonds. The van der Waals surface area contributed by atoms with Crippen LogP contribution in [0.1, 0.15) is 125 Å². The highest BCUT2D eigenvalue weighted by atomic mass is 16.6. The molecule has 2 atom stereocenters. The van der Waals surface area contributed by atoms with Gasteiger partial charge in [-0.15, -0.1) is 0 Å². The van der Waals surface area contributed by atoms with E-state index in [0.29, 0.717) is 49.7 Å². The molecular formula is C30H52O6. The molecule has 1 rings (SSSR count). The van der Waals surface area contributed by atoms with Gasteiger partial charge >= 0.3 is 17.9 Å². The Balaban J connectivity index is 2.73. The standard InChI is InChI=1S/C30H52O6/c1-7-15-25(6)27(31)36-30(29(33)35-21-13-9-11-17-24(4)5)19-14-18-26(22-30)28(32)34-20-12-8-10-16-23(2)3/h23-24,26H,6-22H2,1-5H3. The summed E-state index contributed by atoms with van der Waals surface area (Å²) in [6.45, 7) is 15.3. The van der Waals surface area contributed by atoms with Gasteiger partial charge in [0.15, 0.2) is 0 Å². The van der Waals surface area contributed by atoms with E-state index in [9.17, 15) is 14.4 Å². The molecule has 0 saturated heterocycles. The van der Waals surface area contributed by atoms with Crippen molar-refractivity contribution in [2.75, 3.05) is 13.2 Å². The quantitative estimate of drug-likeness (QED) is 0.0834. The number of hydrogen-bond acceptors (Lipinski definition) is 6. The van der Waals surface area contributed by atoms with E-state index in [0.717, 1.165) is 51.4 Å². The molecule has 0 spiro atoms. The molecule has 1 fully saturated rings. The first-order chi connectivity index (χ1) is 17.1. The van der Waals surface area contributed by atoms with Crippen LogP contribution in [0.5, 0.6) is 0 Å². The lowest BCUT2D eigenvalue weighted by atomic mass is 9.77. The topological polar surface area (TPSA) is 78.9 Å². The highest BCUT2D eigenvalue weighted by molar-refractivity contribution is 5.92. The fourth-order valence-electron chi connectivity index (χ4n) is 4.66. The van der Waals surface area contributed by atoms with Crippen molar-refractivity contribution in [2.24, 2.45) is 17.8 Å². The van der Waals surface area contributed by atoms with Crippen LogP contribution in [0.15, 0.2) is 12.2 Å². The van der Waals surface area contributed by atoms with Gasteiger partial charge in [0.05, 0.1) is 19.1 Å². The van der Waals surface area contributed by atoms with E-state index >= 15 is 0 Å².